The second-order valence-corrected chi connectivity index (χ2v) is 6.95. The topological polar surface area (TPSA) is 60.0 Å². The van der Waals surface area contributed by atoms with E-state index in [9.17, 15) is 4.79 Å². The average Bonchev–Trinajstić information content (AvgIpc) is 2.74. The van der Waals surface area contributed by atoms with E-state index in [1.54, 1.807) is 32.4 Å². The third-order valence-electron chi connectivity index (χ3n) is 4.94. The molecule has 3 rings (SSSR count). The zero-order chi connectivity index (χ0) is 19.9. The quantitative estimate of drug-likeness (QED) is 0.795. The number of methoxy groups -OCH3 is 2. The lowest BCUT2D eigenvalue weighted by atomic mass is 10.0. The third-order valence-corrected chi connectivity index (χ3v) is 4.94. The number of nitrogens with one attached hydrogen (secondary N) is 1. The molecule has 0 bridgehead atoms. The van der Waals surface area contributed by atoms with Gasteiger partial charge in [0.05, 0.1) is 33.5 Å². The molecule has 1 saturated heterocycles. The maximum Gasteiger partial charge on any atom is 0.252 e. The summed E-state index contributed by atoms with van der Waals surface area (Å²) >= 11 is 0. The van der Waals surface area contributed by atoms with Crippen LogP contribution in [0.2, 0.25) is 0 Å². The number of rotatable bonds is 7. The predicted octanol–water partition coefficient (Wildman–Crippen LogP) is 2.82. The number of hydrogen-bond acceptors (Lipinski definition) is 5. The Morgan fingerprint density at radius 1 is 1.07 bits per heavy atom. The van der Waals surface area contributed by atoms with E-state index in [0.717, 1.165) is 38.4 Å². The van der Waals surface area contributed by atoms with Crippen molar-refractivity contribution in [1.82, 2.24) is 10.2 Å². The van der Waals surface area contributed by atoms with Crippen LogP contribution >= 0.6 is 0 Å². The monoisotopic (exact) mass is 384 g/mol. The molecule has 2 aromatic rings. The van der Waals surface area contributed by atoms with Crippen molar-refractivity contribution >= 4 is 5.91 Å². The third kappa shape index (κ3) is 5.24. The summed E-state index contributed by atoms with van der Waals surface area (Å²) in [7, 11) is 3.15. The lowest BCUT2D eigenvalue weighted by Crippen LogP contribution is -2.43. The molecule has 0 saturated carbocycles. The number of ether oxygens (including phenoxy) is 3. The van der Waals surface area contributed by atoms with Gasteiger partial charge in [-0.3, -0.25) is 9.69 Å². The number of carbonyl (C=O) groups excluding carboxylic acids is 1. The van der Waals surface area contributed by atoms with Gasteiger partial charge in [0.15, 0.2) is 0 Å². The van der Waals surface area contributed by atoms with Crippen molar-refractivity contribution in [3.8, 4) is 11.5 Å². The van der Waals surface area contributed by atoms with Crippen molar-refractivity contribution in [2.45, 2.75) is 13.0 Å². The summed E-state index contributed by atoms with van der Waals surface area (Å²) in [4.78, 5) is 15.3. The summed E-state index contributed by atoms with van der Waals surface area (Å²) in [6, 6.07) is 13.4. The summed E-state index contributed by atoms with van der Waals surface area (Å²) in [5.74, 6) is 1.02. The Morgan fingerprint density at radius 2 is 1.68 bits per heavy atom. The van der Waals surface area contributed by atoms with Gasteiger partial charge >= 0.3 is 0 Å². The van der Waals surface area contributed by atoms with E-state index in [-0.39, 0.29) is 11.9 Å². The summed E-state index contributed by atoms with van der Waals surface area (Å²) < 4.78 is 16.0. The molecule has 1 atom stereocenters. The Labute approximate surface area is 166 Å². The van der Waals surface area contributed by atoms with Gasteiger partial charge in [0.25, 0.3) is 5.91 Å². The van der Waals surface area contributed by atoms with Gasteiger partial charge in [0.2, 0.25) is 0 Å². The van der Waals surface area contributed by atoms with Crippen molar-refractivity contribution in [2.24, 2.45) is 0 Å². The van der Waals surface area contributed by atoms with Crippen molar-refractivity contribution in [3.05, 3.63) is 59.2 Å². The summed E-state index contributed by atoms with van der Waals surface area (Å²) in [6.07, 6.45) is 0. The van der Waals surface area contributed by atoms with Crippen LogP contribution in [0.3, 0.4) is 0 Å². The van der Waals surface area contributed by atoms with Gasteiger partial charge in [-0.1, -0.05) is 29.8 Å². The molecule has 0 aromatic heterocycles. The first-order valence-corrected chi connectivity index (χ1v) is 9.49. The summed E-state index contributed by atoms with van der Waals surface area (Å²) in [6.45, 7) is 5.97. The average molecular weight is 384 g/mol. The predicted molar refractivity (Wildman–Crippen MR) is 108 cm³/mol. The Balaban J connectivity index is 1.81. The van der Waals surface area contributed by atoms with Gasteiger partial charge < -0.3 is 19.5 Å². The number of amides is 1. The van der Waals surface area contributed by atoms with Gasteiger partial charge in [-0.25, -0.2) is 0 Å². The van der Waals surface area contributed by atoms with Crippen LogP contribution in [0.5, 0.6) is 11.5 Å². The molecule has 28 heavy (non-hydrogen) atoms. The Hall–Kier alpha value is -2.57. The molecule has 0 unspecified atom stereocenters. The van der Waals surface area contributed by atoms with E-state index in [0.29, 0.717) is 17.1 Å². The van der Waals surface area contributed by atoms with E-state index in [1.807, 2.05) is 0 Å². The van der Waals surface area contributed by atoms with Crippen LogP contribution < -0.4 is 14.8 Å². The summed E-state index contributed by atoms with van der Waals surface area (Å²) in [5.41, 5.74) is 2.79. The van der Waals surface area contributed by atoms with Crippen LogP contribution in [0, 0.1) is 6.92 Å². The first kappa shape index (κ1) is 20.2. The molecule has 1 aliphatic heterocycles. The van der Waals surface area contributed by atoms with Crippen molar-refractivity contribution in [1.29, 1.82) is 0 Å². The number of aryl methyl sites for hydroxylation is 1. The molecule has 1 amide bonds. The molecule has 2 aromatic carbocycles. The normalized spacial score (nSPS) is 15.7. The van der Waals surface area contributed by atoms with Gasteiger partial charge in [0.1, 0.15) is 11.5 Å². The zero-order valence-corrected chi connectivity index (χ0v) is 16.7. The number of hydrogen-bond donors (Lipinski definition) is 1. The van der Waals surface area contributed by atoms with Crippen LogP contribution in [0.25, 0.3) is 0 Å². The van der Waals surface area contributed by atoms with Crippen molar-refractivity contribution in [2.75, 3.05) is 47.1 Å². The molecule has 6 nitrogen and oxygen atoms in total. The fourth-order valence-corrected chi connectivity index (χ4v) is 3.26. The van der Waals surface area contributed by atoms with E-state index in [2.05, 4.69) is 41.4 Å². The highest BCUT2D eigenvalue weighted by atomic mass is 16.5. The molecule has 1 N–H and O–H groups in total. The van der Waals surface area contributed by atoms with E-state index in [1.165, 1.54) is 5.56 Å². The second-order valence-electron chi connectivity index (χ2n) is 6.95. The zero-order valence-electron chi connectivity index (χ0n) is 16.7. The molecule has 0 spiro atoms. The fraction of sp³-hybridized carbons (Fsp3) is 0.409. The Bertz CT molecular complexity index is 763. The molecule has 1 fully saturated rings. The van der Waals surface area contributed by atoms with Crippen LogP contribution in [0.4, 0.5) is 0 Å². The lowest BCUT2D eigenvalue weighted by Gasteiger charge is -2.31. The molecule has 1 aliphatic rings. The molecule has 0 radical (unpaired) electrons. The maximum atomic E-state index is 13.0. The molecule has 150 valence electrons. The number of carbonyl (C=O) groups is 1. The van der Waals surface area contributed by atoms with E-state index in [4.69, 9.17) is 14.2 Å². The minimum absolute atomic E-state index is 0.122. The highest BCUT2D eigenvalue weighted by molar-refractivity contribution is 5.95. The first-order valence-electron chi connectivity index (χ1n) is 9.49. The number of benzene rings is 2. The second kappa shape index (κ2) is 9.57. The van der Waals surface area contributed by atoms with Gasteiger partial charge in [-0.05, 0) is 24.6 Å². The number of morpholine rings is 1. The van der Waals surface area contributed by atoms with E-state index < -0.39 is 0 Å². The molecular weight excluding hydrogens is 356 g/mol. The Morgan fingerprint density at radius 3 is 2.25 bits per heavy atom. The maximum absolute atomic E-state index is 13.0. The lowest BCUT2D eigenvalue weighted by molar-refractivity contribution is 0.0332. The fourth-order valence-electron chi connectivity index (χ4n) is 3.26. The van der Waals surface area contributed by atoms with Crippen molar-refractivity contribution < 1.29 is 19.0 Å². The largest absolute Gasteiger partial charge is 0.497 e. The minimum atomic E-state index is -0.156. The van der Waals surface area contributed by atoms with Gasteiger partial charge in [0, 0.05) is 31.3 Å². The van der Waals surface area contributed by atoms with Crippen LogP contribution in [0.1, 0.15) is 27.5 Å². The smallest absolute Gasteiger partial charge is 0.252 e. The first-order chi connectivity index (χ1) is 13.6. The number of nitrogens with zero attached hydrogens (tertiary/aromatic N) is 1. The standard InChI is InChI=1S/C22H28N2O4/c1-16-4-6-17(7-5-16)21(15-24-8-10-28-11-9-24)23-22(25)18-12-19(26-2)14-20(13-18)27-3/h4-7,12-14,21H,8-11,15H2,1-3H3,(H,23,25)/t21-/m1/s1. The summed E-state index contributed by atoms with van der Waals surface area (Å²) in [5, 5.41) is 3.19. The SMILES string of the molecule is COc1cc(OC)cc(C(=O)N[C@H](CN2CCOCC2)c2ccc(C)cc2)c1. The van der Waals surface area contributed by atoms with Crippen LogP contribution in [-0.2, 0) is 4.74 Å². The molecule has 0 aliphatic carbocycles. The van der Waals surface area contributed by atoms with Gasteiger partial charge in [-0.15, -0.1) is 0 Å². The Kier molecular flexibility index (Phi) is 6.90. The van der Waals surface area contributed by atoms with Crippen molar-refractivity contribution in [3.63, 3.8) is 0 Å². The van der Waals surface area contributed by atoms with Crippen LogP contribution in [-0.4, -0.2) is 57.9 Å². The molecule has 6 heteroatoms. The van der Waals surface area contributed by atoms with Gasteiger partial charge in [-0.2, -0.15) is 0 Å². The highest BCUT2D eigenvalue weighted by Gasteiger charge is 2.21. The van der Waals surface area contributed by atoms with E-state index >= 15 is 0 Å². The minimum Gasteiger partial charge on any atom is -0.497 e. The highest BCUT2D eigenvalue weighted by Crippen LogP contribution is 2.24. The van der Waals surface area contributed by atoms with Crippen LogP contribution in [0.15, 0.2) is 42.5 Å². The molecular formula is C22H28N2O4. The molecule has 1 heterocycles.